The van der Waals surface area contributed by atoms with Crippen molar-refractivity contribution in [1.82, 2.24) is 0 Å². The molecule has 4 aromatic rings. The Hall–Kier alpha value is -1.68. The SMILES string of the molecule is Cc1ccc2c(c1)cc1c3ccccc3ccc1[n+]2C.[I-]. The third-order valence-electron chi connectivity index (χ3n) is 4.15. The summed E-state index contributed by atoms with van der Waals surface area (Å²) in [5.74, 6) is 0. The van der Waals surface area contributed by atoms with Gasteiger partial charge in [-0.05, 0) is 35.9 Å². The molecule has 0 spiro atoms. The van der Waals surface area contributed by atoms with Gasteiger partial charge >= 0.3 is 0 Å². The van der Waals surface area contributed by atoms with E-state index in [2.05, 4.69) is 79.2 Å². The maximum Gasteiger partial charge on any atom is 0.213 e. The Kier molecular flexibility index (Phi) is 3.57. The van der Waals surface area contributed by atoms with Crippen LogP contribution >= 0.6 is 0 Å². The van der Waals surface area contributed by atoms with E-state index in [0.29, 0.717) is 0 Å². The van der Waals surface area contributed by atoms with Crippen molar-refractivity contribution in [3.63, 3.8) is 0 Å². The maximum atomic E-state index is 2.32. The molecule has 2 heteroatoms. The van der Waals surface area contributed by atoms with Gasteiger partial charge in [-0.25, -0.2) is 0 Å². The van der Waals surface area contributed by atoms with Crippen LogP contribution in [0.2, 0.25) is 0 Å². The number of nitrogens with zero attached hydrogens (tertiary/aromatic N) is 1. The lowest BCUT2D eigenvalue weighted by Crippen LogP contribution is -3.00. The molecule has 0 amide bonds. The molecular weight excluding hydrogens is 369 g/mol. The number of halogens is 1. The van der Waals surface area contributed by atoms with Crippen molar-refractivity contribution in [3.05, 3.63) is 66.2 Å². The largest absolute Gasteiger partial charge is 1.00 e. The summed E-state index contributed by atoms with van der Waals surface area (Å²) < 4.78 is 2.29. The average molecular weight is 385 g/mol. The van der Waals surface area contributed by atoms with Crippen LogP contribution in [-0.2, 0) is 7.05 Å². The highest BCUT2D eigenvalue weighted by Crippen LogP contribution is 2.26. The molecule has 1 aromatic heterocycles. The molecule has 3 aromatic carbocycles. The van der Waals surface area contributed by atoms with E-state index >= 15 is 0 Å². The first-order valence-corrected chi connectivity index (χ1v) is 6.95. The molecule has 0 aliphatic rings. The van der Waals surface area contributed by atoms with Gasteiger partial charge in [-0.15, -0.1) is 0 Å². The Morgan fingerprint density at radius 3 is 2.33 bits per heavy atom. The fraction of sp³-hybridized carbons (Fsp3) is 0.105. The summed E-state index contributed by atoms with van der Waals surface area (Å²) in [6.45, 7) is 2.15. The fourth-order valence-electron chi connectivity index (χ4n) is 3.11. The predicted molar refractivity (Wildman–Crippen MR) is 84.9 cm³/mol. The molecule has 0 aliphatic carbocycles. The topological polar surface area (TPSA) is 3.88 Å². The molecule has 0 bridgehead atoms. The normalized spacial score (nSPS) is 11.0. The molecular formula is C19H16IN. The second kappa shape index (κ2) is 5.26. The molecule has 0 atom stereocenters. The van der Waals surface area contributed by atoms with Crippen molar-refractivity contribution in [2.75, 3.05) is 0 Å². The smallest absolute Gasteiger partial charge is 0.213 e. The van der Waals surface area contributed by atoms with Crippen molar-refractivity contribution in [2.24, 2.45) is 7.05 Å². The molecule has 0 fully saturated rings. The van der Waals surface area contributed by atoms with Crippen molar-refractivity contribution in [3.8, 4) is 0 Å². The maximum absolute atomic E-state index is 2.32. The zero-order valence-corrected chi connectivity index (χ0v) is 14.3. The number of hydrogen-bond donors (Lipinski definition) is 0. The van der Waals surface area contributed by atoms with E-state index in [9.17, 15) is 0 Å². The van der Waals surface area contributed by atoms with Crippen molar-refractivity contribution < 1.29 is 28.5 Å². The Bertz CT molecular complexity index is 973. The summed E-state index contributed by atoms with van der Waals surface area (Å²) in [4.78, 5) is 0. The van der Waals surface area contributed by atoms with Gasteiger partial charge in [0, 0.05) is 17.5 Å². The molecule has 0 saturated heterocycles. The Balaban J connectivity index is 0.00000132. The zero-order valence-electron chi connectivity index (χ0n) is 12.1. The van der Waals surface area contributed by atoms with Crippen LogP contribution in [0.5, 0.6) is 0 Å². The van der Waals surface area contributed by atoms with Crippen molar-refractivity contribution in [2.45, 2.75) is 6.92 Å². The number of rotatable bonds is 0. The van der Waals surface area contributed by atoms with Gasteiger partial charge in [-0.1, -0.05) is 35.9 Å². The molecule has 21 heavy (non-hydrogen) atoms. The zero-order chi connectivity index (χ0) is 13.7. The highest BCUT2D eigenvalue weighted by Gasteiger charge is 2.13. The van der Waals surface area contributed by atoms with E-state index in [1.54, 1.807) is 0 Å². The van der Waals surface area contributed by atoms with Crippen LogP contribution < -0.4 is 28.5 Å². The lowest BCUT2D eigenvalue weighted by molar-refractivity contribution is -0.617. The number of hydrogen-bond acceptors (Lipinski definition) is 0. The molecule has 4 rings (SSSR count). The molecule has 0 saturated carbocycles. The van der Waals surface area contributed by atoms with E-state index in [4.69, 9.17) is 0 Å². The molecule has 0 unspecified atom stereocenters. The first-order valence-electron chi connectivity index (χ1n) is 6.95. The van der Waals surface area contributed by atoms with Gasteiger partial charge < -0.3 is 24.0 Å². The third kappa shape index (κ3) is 2.18. The van der Waals surface area contributed by atoms with Crippen LogP contribution in [0.15, 0.2) is 60.7 Å². The van der Waals surface area contributed by atoms with E-state index in [1.807, 2.05) is 0 Å². The van der Waals surface area contributed by atoms with Gasteiger partial charge in [0.15, 0.2) is 0 Å². The second-order valence-corrected chi connectivity index (χ2v) is 5.49. The monoisotopic (exact) mass is 385 g/mol. The van der Waals surface area contributed by atoms with Crippen LogP contribution in [-0.4, -0.2) is 0 Å². The minimum absolute atomic E-state index is 0. The molecule has 1 nitrogen and oxygen atoms in total. The van der Waals surface area contributed by atoms with Crippen LogP contribution in [0.25, 0.3) is 32.6 Å². The molecule has 0 aliphatic heterocycles. The highest BCUT2D eigenvalue weighted by molar-refractivity contribution is 6.07. The van der Waals surface area contributed by atoms with Gasteiger partial charge in [-0.3, -0.25) is 0 Å². The summed E-state index contributed by atoms with van der Waals surface area (Å²) in [5.41, 5.74) is 3.86. The molecule has 1 heterocycles. The molecule has 0 radical (unpaired) electrons. The first kappa shape index (κ1) is 14.3. The quantitative estimate of drug-likeness (QED) is 0.186. The highest BCUT2D eigenvalue weighted by atomic mass is 127. The fourth-order valence-corrected chi connectivity index (χ4v) is 3.11. The van der Waals surface area contributed by atoms with Gasteiger partial charge in [-0.2, -0.15) is 4.57 Å². The van der Waals surface area contributed by atoms with Crippen LogP contribution in [0.1, 0.15) is 5.56 Å². The predicted octanol–water partition coefficient (Wildman–Crippen LogP) is 1.28. The van der Waals surface area contributed by atoms with Crippen molar-refractivity contribution in [1.29, 1.82) is 0 Å². The number of pyridine rings is 1. The van der Waals surface area contributed by atoms with Gasteiger partial charge in [0.2, 0.25) is 11.0 Å². The van der Waals surface area contributed by atoms with Gasteiger partial charge in [0.05, 0.1) is 5.39 Å². The average Bonchev–Trinajstić information content (AvgIpc) is 2.47. The number of benzene rings is 3. The summed E-state index contributed by atoms with van der Waals surface area (Å²) in [6, 6.07) is 22.0. The minimum Gasteiger partial charge on any atom is -1.00 e. The number of aromatic nitrogens is 1. The summed E-state index contributed by atoms with van der Waals surface area (Å²) >= 11 is 0. The van der Waals surface area contributed by atoms with Crippen molar-refractivity contribution >= 4 is 32.6 Å². The van der Waals surface area contributed by atoms with E-state index in [0.717, 1.165) is 0 Å². The van der Waals surface area contributed by atoms with Crippen LogP contribution in [0.3, 0.4) is 0 Å². The van der Waals surface area contributed by atoms with Gasteiger partial charge in [0.1, 0.15) is 7.05 Å². The lowest BCUT2D eigenvalue weighted by Gasteiger charge is -2.06. The molecule has 104 valence electrons. The summed E-state index contributed by atoms with van der Waals surface area (Å²) in [5, 5.41) is 5.25. The van der Waals surface area contributed by atoms with E-state index in [1.165, 1.54) is 38.1 Å². The number of aryl methyl sites for hydroxylation is 2. The Morgan fingerprint density at radius 1 is 0.714 bits per heavy atom. The first-order chi connectivity index (χ1) is 9.74. The van der Waals surface area contributed by atoms with Crippen LogP contribution in [0, 0.1) is 6.92 Å². The summed E-state index contributed by atoms with van der Waals surface area (Å²) in [6.07, 6.45) is 0. The van der Waals surface area contributed by atoms with Crippen LogP contribution in [0.4, 0.5) is 0 Å². The summed E-state index contributed by atoms with van der Waals surface area (Å²) in [7, 11) is 2.15. The lowest BCUT2D eigenvalue weighted by atomic mass is 10.0. The van der Waals surface area contributed by atoms with E-state index in [-0.39, 0.29) is 24.0 Å². The second-order valence-electron chi connectivity index (χ2n) is 5.49. The van der Waals surface area contributed by atoms with Gasteiger partial charge in [0.25, 0.3) is 0 Å². The standard InChI is InChI=1S/C19H16N.HI/c1-13-7-9-18-15(11-13)12-17-16-6-4-3-5-14(16)8-10-19(17)20(18)2;/h3-12H,1-2H3;1H/q+1;/p-1. The van der Waals surface area contributed by atoms with E-state index < -0.39 is 0 Å². The Labute approximate surface area is 141 Å². The number of fused-ring (bicyclic) bond motifs is 4. The third-order valence-corrected chi connectivity index (χ3v) is 4.15. The Morgan fingerprint density at radius 2 is 1.48 bits per heavy atom. The molecule has 0 N–H and O–H groups in total. The minimum atomic E-state index is 0.